The molecule has 0 unspecified atom stereocenters. The van der Waals surface area contributed by atoms with Gasteiger partial charge in [0.2, 0.25) is 0 Å². The number of benzene rings is 1. The number of hydrogen-bond donors (Lipinski definition) is 0. The van der Waals surface area contributed by atoms with Crippen LogP contribution >= 0.6 is 22.9 Å². The van der Waals surface area contributed by atoms with Crippen molar-refractivity contribution in [2.24, 2.45) is 0 Å². The third-order valence-corrected chi connectivity index (χ3v) is 3.99. The number of nitrogens with zero attached hydrogens (tertiary/aromatic N) is 1. The standard InChI is InChI=1S/C12H12ClNS/c1-7-4-5-10(6-8(7)2)12-14-9(3)11(13)15-12/h4-6H,1-3H3. The van der Waals surface area contributed by atoms with Gasteiger partial charge >= 0.3 is 0 Å². The molecule has 1 nitrogen and oxygen atoms in total. The second-order valence-corrected chi connectivity index (χ2v) is 5.28. The van der Waals surface area contributed by atoms with Crippen LogP contribution in [0.4, 0.5) is 0 Å². The predicted octanol–water partition coefficient (Wildman–Crippen LogP) is 4.39. The van der Waals surface area contributed by atoms with Crippen LogP contribution in [-0.4, -0.2) is 4.98 Å². The molecule has 1 aromatic carbocycles. The molecular formula is C12H12ClNS. The van der Waals surface area contributed by atoms with E-state index < -0.39 is 0 Å². The first kappa shape index (κ1) is 10.7. The molecule has 0 N–H and O–H groups in total. The number of thiazole rings is 1. The van der Waals surface area contributed by atoms with Gasteiger partial charge in [-0.3, -0.25) is 0 Å². The largest absolute Gasteiger partial charge is 0.240 e. The fourth-order valence-electron chi connectivity index (χ4n) is 1.38. The van der Waals surface area contributed by atoms with E-state index in [-0.39, 0.29) is 0 Å². The Hall–Kier alpha value is -0.860. The molecule has 1 heterocycles. The van der Waals surface area contributed by atoms with E-state index in [9.17, 15) is 0 Å². The zero-order valence-electron chi connectivity index (χ0n) is 8.97. The number of aromatic nitrogens is 1. The maximum Gasteiger partial charge on any atom is 0.125 e. The molecular weight excluding hydrogens is 226 g/mol. The first-order chi connectivity index (χ1) is 7.08. The fraction of sp³-hybridized carbons (Fsp3) is 0.250. The third-order valence-electron chi connectivity index (χ3n) is 2.49. The Labute approximate surface area is 98.7 Å². The SMILES string of the molecule is Cc1ccc(-c2nc(C)c(Cl)s2)cc1C. The molecule has 0 fully saturated rings. The molecule has 3 heteroatoms. The van der Waals surface area contributed by atoms with Gasteiger partial charge in [0.25, 0.3) is 0 Å². The van der Waals surface area contributed by atoms with E-state index in [1.807, 2.05) is 6.92 Å². The minimum atomic E-state index is 0.781. The van der Waals surface area contributed by atoms with Gasteiger partial charge in [-0.2, -0.15) is 0 Å². The van der Waals surface area contributed by atoms with Crippen LogP contribution in [0.3, 0.4) is 0 Å². The van der Waals surface area contributed by atoms with Crippen LogP contribution in [0.2, 0.25) is 4.34 Å². The van der Waals surface area contributed by atoms with Gasteiger partial charge in [0.05, 0.1) is 5.69 Å². The second-order valence-electron chi connectivity index (χ2n) is 3.68. The Morgan fingerprint density at radius 1 is 1.13 bits per heavy atom. The summed E-state index contributed by atoms with van der Waals surface area (Å²) in [6.07, 6.45) is 0. The smallest absolute Gasteiger partial charge is 0.125 e. The molecule has 78 valence electrons. The van der Waals surface area contributed by atoms with Gasteiger partial charge in [-0.25, -0.2) is 4.98 Å². The first-order valence-corrected chi connectivity index (χ1v) is 5.98. The molecule has 0 saturated heterocycles. The van der Waals surface area contributed by atoms with Gasteiger partial charge < -0.3 is 0 Å². The Bertz CT molecular complexity index is 483. The minimum absolute atomic E-state index is 0.781. The lowest BCUT2D eigenvalue weighted by Gasteiger charge is -2.01. The van der Waals surface area contributed by atoms with E-state index in [1.165, 1.54) is 22.5 Å². The lowest BCUT2D eigenvalue weighted by atomic mass is 10.1. The normalized spacial score (nSPS) is 10.7. The maximum absolute atomic E-state index is 6.01. The van der Waals surface area contributed by atoms with Crippen molar-refractivity contribution in [3.63, 3.8) is 0 Å². The van der Waals surface area contributed by atoms with Crippen molar-refractivity contribution >= 4 is 22.9 Å². The molecule has 15 heavy (non-hydrogen) atoms. The van der Waals surface area contributed by atoms with Gasteiger partial charge in [-0.1, -0.05) is 23.7 Å². The molecule has 0 aliphatic heterocycles. The van der Waals surface area contributed by atoms with E-state index in [2.05, 4.69) is 37.0 Å². The van der Waals surface area contributed by atoms with Crippen LogP contribution in [-0.2, 0) is 0 Å². The van der Waals surface area contributed by atoms with Gasteiger partial charge in [0.15, 0.2) is 0 Å². The van der Waals surface area contributed by atoms with Crippen LogP contribution in [0, 0.1) is 20.8 Å². The summed E-state index contributed by atoms with van der Waals surface area (Å²) in [6.45, 7) is 6.16. The summed E-state index contributed by atoms with van der Waals surface area (Å²) < 4.78 is 0.781. The molecule has 0 spiro atoms. The fourth-order valence-corrected chi connectivity index (χ4v) is 2.43. The molecule has 0 atom stereocenters. The molecule has 0 aliphatic rings. The highest BCUT2D eigenvalue weighted by molar-refractivity contribution is 7.19. The van der Waals surface area contributed by atoms with Crippen molar-refractivity contribution in [2.75, 3.05) is 0 Å². The van der Waals surface area contributed by atoms with Crippen LogP contribution in [0.15, 0.2) is 18.2 Å². The molecule has 0 bridgehead atoms. The Kier molecular flexibility index (Phi) is 2.81. The first-order valence-electron chi connectivity index (χ1n) is 4.78. The summed E-state index contributed by atoms with van der Waals surface area (Å²) in [5.74, 6) is 0. The Morgan fingerprint density at radius 2 is 1.87 bits per heavy atom. The number of rotatable bonds is 1. The quantitative estimate of drug-likeness (QED) is 0.717. The minimum Gasteiger partial charge on any atom is -0.240 e. The van der Waals surface area contributed by atoms with E-state index in [1.54, 1.807) is 0 Å². The summed E-state index contributed by atoms with van der Waals surface area (Å²) >= 11 is 7.54. The highest BCUT2D eigenvalue weighted by Crippen LogP contribution is 2.31. The molecule has 2 aromatic rings. The summed E-state index contributed by atoms with van der Waals surface area (Å²) in [7, 11) is 0. The van der Waals surface area contributed by atoms with Crippen molar-refractivity contribution in [3.8, 4) is 10.6 Å². The Morgan fingerprint density at radius 3 is 2.40 bits per heavy atom. The van der Waals surface area contributed by atoms with Gasteiger partial charge in [0, 0.05) is 5.56 Å². The van der Waals surface area contributed by atoms with Crippen molar-refractivity contribution in [2.45, 2.75) is 20.8 Å². The van der Waals surface area contributed by atoms with E-state index >= 15 is 0 Å². The average Bonchev–Trinajstić information content (AvgIpc) is 2.52. The van der Waals surface area contributed by atoms with Gasteiger partial charge in [-0.15, -0.1) is 11.3 Å². The predicted molar refractivity (Wildman–Crippen MR) is 66.8 cm³/mol. The highest BCUT2D eigenvalue weighted by atomic mass is 35.5. The number of hydrogen-bond acceptors (Lipinski definition) is 2. The van der Waals surface area contributed by atoms with Crippen molar-refractivity contribution < 1.29 is 0 Å². The highest BCUT2D eigenvalue weighted by Gasteiger charge is 2.07. The summed E-state index contributed by atoms with van der Waals surface area (Å²) in [5.41, 5.74) is 4.66. The summed E-state index contributed by atoms with van der Waals surface area (Å²) in [6, 6.07) is 6.37. The van der Waals surface area contributed by atoms with Gasteiger partial charge in [-0.05, 0) is 38.0 Å². The van der Waals surface area contributed by atoms with E-state index in [0.717, 1.165) is 20.6 Å². The number of halogens is 1. The van der Waals surface area contributed by atoms with Crippen LogP contribution in [0.25, 0.3) is 10.6 Å². The molecule has 2 rings (SSSR count). The van der Waals surface area contributed by atoms with Crippen molar-refractivity contribution in [1.29, 1.82) is 0 Å². The molecule has 0 saturated carbocycles. The molecule has 0 amide bonds. The summed E-state index contributed by atoms with van der Waals surface area (Å²) in [4.78, 5) is 4.44. The second kappa shape index (κ2) is 3.95. The van der Waals surface area contributed by atoms with E-state index in [0.29, 0.717) is 0 Å². The molecule has 1 aromatic heterocycles. The summed E-state index contributed by atoms with van der Waals surface area (Å²) in [5, 5.41) is 1.00. The zero-order valence-corrected chi connectivity index (χ0v) is 10.5. The molecule has 0 radical (unpaired) electrons. The maximum atomic E-state index is 6.01. The topological polar surface area (TPSA) is 12.9 Å². The zero-order chi connectivity index (χ0) is 11.0. The monoisotopic (exact) mass is 237 g/mol. The lowest BCUT2D eigenvalue weighted by Crippen LogP contribution is -1.82. The van der Waals surface area contributed by atoms with Crippen molar-refractivity contribution in [3.05, 3.63) is 39.4 Å². The van der Waals surface area contributed by atoms with Crippen LogP contribution in [0.1, 0.15) is 16.8 Å². The van der Waals surface area contributed by atoms with Crippen molar-refractivity contribution in [1.82, 2.24) is 4.98 Å². The van der Waals surface area contributed by atoms with Crippen LogP contribution < -0.4 is 0 Å². The third kappa shape index (κ3) is 2.06. The Balaban J connectivity index is 2.49. The van der Waals surface area contributed by atoms with Gasteiger partial charge in [0.1, 0.15) is 9.34 Å². The molecule has 0 aliphatic carbocycles. The van der Waals surface area contributed by atoms with E-state index in [4.69, 9.17) is 11.6 Å². The lowest BCUT2D eigenvalue weighted by molar-refractivity contribution is 1.26. The average molecular weight is 238 g/mol. The van der Waals surface area contributed by atoms with Crippen LogP contribution in [0.5, 0.6) is 0 Å². The number of aryl methyl sites for hydroxylation is 3.